The van der Waals surface area contributed by atoms with E-state index in [1.165, 1.54) is 11.1 Å². The summed E-state index contributed by atoms with van der Waals surface area (Å²) in [6.07, 6.45) is 5.32. The second kappa shape index (κ2) is 6.81. The number of halogens is 2. The van der Waals surface area contributed by atoms with Crippen molar-refractivity contribution in [3.63, 3.8) is 0 Å². The van der Waals surface area contributed by atoms with Gasteiger partial charge in [0.05, 0.1) is 0 Å². The minimum absolute atomic E-state index is 0.0514. The molecule has 1 N–H and O–H groups in total. The van der Waals surface area contributed by atoms with Gasteiger partial charge in [0.15, 0.2) is 0 Å². The monoisotopic (exact) mass is 500 g/mol. The molecule has 1 amide bonds. The van der Waals surface area contributed by atoms with Crippen molar-refractivity contribution in [2.24, 2.45) is 11.8 Å². The SMILES string of the molecule is CC1=CC(C)C(C2=C(O)[I-]N(CCCI)C2=O)C(C)=C1. The van der Waals surface area contributed by atoms with Crippen LogP contribution >= 0.6 is 22.6 Å². The predicted octanol–water partition coefficient (Wildman–Crippen LogP) is 0.586. The maximum atomic E-state index is 12.6. The van der Waals surface area contributed by atoms with Gasteiger partial charge in [0.1, 0.15) is 0 Å². The van der Waals surface area contributed by atoms with Crippen molar-refractivity contribution < 1.29 is 31.4 Å². The zero-order chi connectivity index (χ0) is 14.9. The second-order valence-electron chi connectivity index (χ2n) is 5.36. The van der Waals surface area contributed by atoms with Crippen LogP contribution in [0.15, 0.2) is 32.6 Å². The van der Waals surface area contributed by atoms with E-state index in [0.717, 1.165) is 17.4 Å². The van der Waals surface area contributed by atoms with Crippen molar-refractivity contribution in [2.45, 2.75) is 27.2 Å². The summed E-state index contributed by atoms with van der Waals surface area (Å²) in [5.74, 6) is 0.392. The number of nitrogens with zero attached hydrogens (tertiary/aromatic N) is 1. The number of carbonyl (C=O) groups excluding carboxylic acids is 1. The van der Waals surface area contributed by atoms with Crippen LogP contribution in [0.25, 0.3) is 0 Å². The van der Waals surface area contributed by atoms with E-state index in [1.54, 1.807) is 0 Å². The molecule has 20 heavy (non-hydrogen) atoms. The van der Waals surface area contributed by atoms with Crippen LogP contribution in [0, 0.1) is 11.8 Å². The Hall–Kier alpha value is -0.0500. The normalized spacial score (nSPS) is 27.4. The zero-order valence-corrected chi connectivity index (χ0v) is 16.3. The summed E-state index contributed by atoms with van der Waals surface area (Å²) in [7, 11) is 0. The summed E-state index contributed by atoms with van der Waals surface area (Å²) in [6, 6.07) is 0. The van der Waals surface area contributed by atoms with Gasteiger partial charge in [-0.25, -0.2) is 0 Å². The molecule has 0 saturated carbocycles. The molecule has 0 aromatic carbocycles. The Morgan fingerprint density at radius 2 is 2.15 bits per heavy atom. The number of carbonyl (C=O) groups is 1. The minimum atomic E-state index is -0.689. The van der Waals surface area contributed by atoms with Crippen LogP contribution in [0.4, 0.5) is 0 Å². The number of allylic oxidation sites excluding steroid dienone is 4. The fourth-order valence-corrected chi connectivity index (χ4v) is 5.70. The van der Waals surface area contributed by atoms with Crippen molar-refractivity contribution in [1.29, 1.82) is 0 Å². The number of rotatable bonds is 4. The number of hydrogen-bond donors (Lipinski definition) is 1. The first-order valence-corrected chi connectivity index (χ1v) is 10.3. The average molecular weight is 500 g/mol. The van der Waals surface area contributed by atoms with Gasteiger partial charge < -0.3 is 0 Å². The molecule has 1 aliphatic heterocycles. The van der Waals surface area contributed by atoms with Gasteiger partial charge in [-0.1, -0.05) is 0 Å². The molecule has 3 nitrogen and oxygen atoms in total. The van der Waals surface area contributed by atoms with Gasteiger partial charge in [-0.3, -0.25) is 0 Å². The van der Waals surface area contributed by atoms with Crippen LogP contribution in [-0.2, 0) is 4.79 Å². The molecule has 0 fully saturated rings. The molecule has 112 valence electrons. The van der Waals surface area contributed by atoms with Gasteiger partial charge in [-0.2, -0.15) is 0 Å². The van der Waals surface area contributed by atoms with Crippen LogP contribution in [0.5, 0.6) is 0 Å². The van der Waals surface area contributed by atoms with Crippen LogP contribution in [0.3, 0.4) is 0 Å². The van der Waals surface area contributed by atoms with E-state index >= 15 is 0 Å². The molecule has 0 saturated heterocycles. The summed E-state index contributed by atoms with van der Waals surface area (Å²) >= 11 is 1.64. The molecule has 0 spiro atoms. The van der Waals surface area contributed by atoms with E-state index in [-0.39, 0.29) is 17.7 Å². The Labute approximate surface area is 144 Å². The molecule has 0 aromatic heterocycles. The standard InChI is InChI=1S/C15H20I2NO2/c1-9-7-10(2)12(11(3)8-9)13-14(19)17-18(15(13)20)6-4-5-16/h7-8,10,12,19H,4-6H2,1-3H3/q-1. The van der Waals surface area contributed by atoms with E-state index in [0.29, 0.717) is 9.34 Å². The number of aliphatic hydroxyl groups is 1. The quantitative estimate of drug-likeness (QED) is 0.349. The Kier molecular flexibility index (Phi) is 5.56. The molecule has 0 aromatic rings. The number of alkyl halides is 1. The third kappa shape index (κ3) is 3.23. The van der Waals surface area contributed by atoms with E-state index < -0.39 is 21.5 Å². The molecule has 0 bridgehead atoms. The molecule has 2 aliphatic rings. The van der Waals surface area contributed by atoms with Gasteiger partial charge in [-0.15, -0.1) is 0 Å². The fourth-order valence-electron chi connectivity index (χ4n) is 2.92. The first-order chi connectivity index (χ1) is 9.45. The van der Waals surface area contributed by atoms with E-state index in [9.17, 15) is 9.90 Å². The molecule has 0 radical (unpaired) electrons. The zero-order valence-electron chi connectivity index (χ0n) is 12.0. The predicted molar refractivity (Wildman–Crippen MR) is 85.0 cm³/mol. The van der Waals surface area contributed by atoms with Crippen molar-refractivity contribution in [1.82, 2.24) is 3.11 Å². The van der Waals surface area contributed by atoms with Crippen molar-refractivity contribution in [3.05, 3.63) is 32.6 Å². The molecular formula is C15H20I2NO2-. The van der Waals surface area contributed by atoms with Crippen molar-refractivity contribution >= 4 is 28.5 Å². The van der Waals surface area contributed by atoms with Crippen LogP contribution in [0.1, 0.15) is 27.2 Å². The molecule has 1 aliphatic carbocycles. The molecule has 1 heterocycles. The number of amides is 1. The van der Waals surface area contributed by atoms with E-state index in [4.69, 9.17) is 0 Å². The van der Waals surface area contributed by atoms with Gasteiger partial charge in [0, 0.05) is 0 Å². The summed E-state index contributed by atoms with van der Waals surface area (Å²) in [5, 5.41) is 10.3. The third-order valence-electron chi connectivity index (χ3n) is 3.65. The van der Waals surface area contributed by atoms with Gasteiger partial charge >= 0.3 is 146 Å². The van der Waals surface area contributed by atoms with Gasteiger partial charge in [0.2, 0.25) is 0 Å². The first-order valence-electron chi connectivity index (χ1n) is 6.78. The summed E-state index contributed by atoms with van der Waals surface area (Å²) in [5.41, 5.74) is 3.09. The Morgan fingerprint density at radius 1 is 1.45 bits per heavy atom. The van der Waals surface area contributed by atoms with Crippen molar-refractivity contribution in [3.8, 4) is 0 Å². The summed E-state index contributed by atoms with van der Waals surface area (Å²) < 4.78 is 3.30. The van der Waals surface area contributed by atoms with E-state index in [1.807, 2.05) is 3.11 Å². The van der Waals surface area contributed by atoms with E-state index in [2.05, 4.69) is 55.5 Å². The first kappa shape index (κ1) is 16.3. The molecule has 5 heteroatoms. The Bertz CT molecular complexity index is 508. The maximum absolute atomic E-state index is 12.6. The average Bonchev–Trinajstić information content (AvgIpc) is 2.63. The molecule has 2 atom stereocenters. The van der Waals surface area contributed by atoms with Crippen LogP contribution in [-0.4, -0.2) is 25.1 Å². The second-order valence-corrected chi connectivity index (χ2v) is 9.11. The van der Waals surface area contributed by atoms with Crippen molar-refractivity contribution in [2.75, 3.05) is 11.0 Å². The topological polar surface area (TPSA) is 40.5 Å². The number of hydrogen-bond acceptors (Lipinski definition) is 2. The fraction of sp³-hybridized carbons (Fsp3) is 0.533. The number of aliphatic hydroxyl groups excluding tert-OH is 1. The van der Waals surface area contributed by atoms with Gasteiger partial charge in [-0.05, 0) is 0 Å². The molecule has 2 rings (SSSR count). The summed E-state index contributed by atoms with van der Waals surface area (Å²) in [6.45, 7) is 7.06. The molecule has 2 unspecified atom stereocenters. The Morgan fingerprint density at radius 3 is 2.75 bits per heavy atom. The van der Waals surface area contributed by atoms with Gasteiger partial charge in [0.25, 0.3) is 0 Å². The Balaban J connectivity index is 2.23. The third-order valence-corrected chi connectivity index (χ3v) is 6.96. The summed E-state index contributed by atoms with van der Waals surface area (Å²) in [4.78, 5) is 12.6. The van der Waals surface area contributed by atoms with Crippen LogP contribution in [0.2, 0.25) is 0 Å². The molecular weight excluding hydrogens is 480 g/mol. The van der Waals surface area contributed by atoms with Crippen LogP contribution < -0.4 is 21.5 Å².